The van der Waals surface area contributed by atoms with Gasteiger partial charge in [0.05, 0.1) is 0 Å². The van der Waals surface area contributed by atoms with Crippen LogP contribution in [0.3, 0.4) is 0 Å². The van der Waals surface area contributed by atoms with E-state index in [2.05, 4.69) is 29.1 Å². The fourth-order valence-electron chi connectivity index (χ4n) is 2.88. The molecule has 0 atom stereocenters. The first-order chi connectivity index (χ1) is 9.18. The van der Waals surface area contributed by atoms with Crippen LogP contribution in [0.5, 0.6) is 0 Å². The number of rotatable bonds is 6. The maximum absolute atomic E-state index is 6.48. The second-order valence-corrected chi connectivity index (χ2v) is 6.05. The van der Waals surface area contributed by atoms with Crippen LogP contribution in [0.25, 0.3) is 0 Å². The predicted molar refractivity (Wildman–Crippen MR) is 80.1 cm³/mol. The van der Waals surface area contributed by atoms with Crippen molar-refractivity contribution in [2.45, 2.75) is 50.5 Å². The zero-order valence-corrected chi connectivity index (χ0v) is 12.1. The maximum atomic E-state index is 6.48. The summed E-state index contributed by atoms with van der Waals surface area (Å²) in [6.07, 6.45) is 10.4. The van der Waals surface area contributed by atoms with Crippen molar-refractivity contribution in [2.75, 3.05) is 20.1 Å². The third kappa shape index (κ3) is 4.92. The lowest BCUT2D eigenvalue weighted by molar-refractivity contribution is 0.231. The predicted octanol–water partition coefficient (Wildman–Crippen LogP) is 2.61. The number of nitrogens with two attached hydrogens (primary N) is 1. The average Bonchev–Trinajstić information content (AvgIpc) is 2.45. The van der Waals surface area contributed by atoms with Crippen LogP contribution in [0.1, 0.15) is 44.2 Å². The van der Waals surface area contributed by atoms with Crippen LogP contribution in [0.2, 0.25) is 0 Å². The Morgan fingerprint density at radius 3 is 2.68 bits per heavy atom. The van der Waals surface area contributed by atoms with Gasteiger partial charge in [0.1, 0.15) is 0 Å². The molecule has 0 spiro atoms. The molecule has 106 valence electrons. The van der Waals surface area contributed by atoms with E-state index in [-0.39, 0.29) is 5.54 Å². The largest absolute Gasteiger partial charge is 0.325 e. The molecular formula is C16H27N3. The fourth-order valence-corrected chi connectivity index (χ4v) is 2.88. The summed E-state index contributed by atoms with van der Waals surface area (Å²) in [5.41, 5.74) is 7.76. The smallest absolute Gasteiger partial charge is 0.0416 e. The minimum absolute atomic E-state index is 0.109. The van der Waals surface area contributed by atoms with Crippen molar-refractivity contribution < 1.29 is 0 Å². The van der Waals surface area contributed by atoms with Gasteiger partial charge >= 0.3 is 0 Å². The van der Waals surface area contributed by atoms with E-state index < -0.39 is 0 Å². The van der Waals surface area contributed by atoms with Crippen LogP contribution in [-0.4, -0.2) is 35.6 Å². The third-order valence-electron chi connectivity index (χ3n) is 4.32. The van der Waals surface area contributed by atoms with E-state index in [1.807, 2.05) is 12.3 Å². The van der Waals surface area contributed by atoms with E-state index in [0.717, 1.165) is 25.9 Å². The molecule has 0 saturated heterocycles. The van der Waals surface area contributed by atoms with Gasteiger partial charge in [0.2, 0.25) is 0 Å². The Balaban J connectivity index is 1.68. The van der Waals surface area contributed by atoms with Gasteiger partial charge < -0.3 is 10.6 Å². The van der Waals surface area contributed by atoms with Crippen LogP contribution in [-0.2, 0) is 6.42 Å². The molecule has 3 nitrogen and oxygen atoms in total. The van der Waals surface area contributed by atoms with E-state index in [9.17, 15) is 0 Å². The number of likely N-dealkylation sites (N-methyl/N-ethyl adjacent to an activating group) is 1. The zero-order chi connectivity index (χ0) is 13.6. The van der Waals surface area contributed by atoms with Gasteiger partial charge in [-0.25, -0.2) is 0 Å². The van der Waals surface area contributed by atoms with Gasteiger partial charge in [0.15, 0.2) is 0 Å². The molecule has 1 saturated carbocycles. The zero-order valence-electron chi connectivity index (χ0n) is 12.1. The summed E-state index contributed by atoms with van der Waals surface area (Å²) in [6.45, 7) is 2.16. The minimum Gasteiger partial charge on any atom is -0.325 e. The van der Waals surface area contributed by atoms with Crippen molar-refractivity contribution >= 4 is 0 Å². The molecule has 0 amide bonds. The Kier molecular flexibility index (Phi) is 5.34. The second kappa shape index (κ2) is 7.01. The van der Waals surface area contributed by atoms with Gasteiger partial charge in [-0.15, -0.1) is 0 Å². The molecule has 2 rings (SSSR count). The lowest BCUT2D eigenvalue weighted by Gasteiger charge is -2.34. The highest BCUT2D eigenvalue weighted by Crippen LogP contribution is 2.28. The number of hydrogen-bond acceptors (Lipinski definition) is 3. The summed E-state index contributed by atoms with van der Waals surface area (Å²) in [5, 5.41) is 0. The van der Waals surface area contributed by atoms with E-state index in [1.165, 1.54) is 37.8 Å². The minimum atomic E-state index is 0.109. The second-order valence-electron chi connectivity index (χ2n) is 6.05. The van der Waals surface area contributed by atoms with Crippen molar-refractivity contribution in [3.8, 4) is 0 Å². The molecule has 3 heteroatoms. The van der Waals surface area contributed by atoms with Crippen molar-refractivity contribution in [2.24, 2.45) is 5.73 Å². The molecule has 1 aromatic heterocycles. The summed E-state index contributed by atoms with van der Waals surface area (Å²) >= 11 is 0. The first-order valence-electron chi connectivity index (χ1n) is 7.55. The molecule has 1 fully saturated rings. The monoisotopic (exact) mass is 261 g/mol. The molecule has 1 heterocycles. The Morgan fingerprint density at radius 2 is 2.00 bits per heavy atom. The molecule has 1 aromatic rings. The van der Waals surface area contributed by atoms with Crippen LogP contribution in [0.15, 0.2) is 24.4 Å². The Morgan fingerprint density at radius 1 is 1.21 bits per heavy atom. The van der Waals surface area contributed by atoms with Gasteiger partial charge in [0, 0.05) is 30.4 Å². The van der Waals surface area contributed by atoms with Crippen LogP contribution >= 0.6 is 0 Å². The lowest BCUT2D eigenvalue weighted by Crippen LogP contribution is -2.44. The number of pyridine rings is 1. The Labute approximate surface area is 117 Å². The first-order valence-corrected chi connectivity index (χ1v) is 7.55. The average molecular weight is 261 g/mol. The third-order valence-corrected chi connectivity index (χ3v) is 4.32. The summed E-state index contributed by atoms with van der Waals surface area (Å²) in [5.74, 6) is 0. The van der Waals surface area contributed by atoms with E-state index in [4.69, 9.17) is 5.73 Å². The Bertz CT molecular complexity index is 358. The number of nitrogens with zero attached hydrogens (tertiary/aromatic N) is 2. The first kappa shape index (κ1) is 14.5. The van der Waals surface area contributed by atoms with Crippen molar-refractivity contribution in [1.82, 2.24) is 9.88 Å². The summed E-state index contributed by atoms with van der Waals surface area (Å²) in [4.78, 5) is 6.75. The fraction of sp³-hybridized carbons (Fsp3) is 0.688. The molecule has 1 aliphatic carbocycles. The van der Waals surface area contributed by atoms with Gasteiger partial charge in [-0.05, 0) is 45.0 Å². The van der Waals surface area contributed by atoms with Gasteiger partial charge in [0.25, 0.3) is 0 Å². The number of hydrogen-bond donors (Lipinski definition) is 1. The van der Waals surface area contributed by atoms with Crippen molar-refractivity contribution in [3.63, 3.8) is 0 Å². The molecule has 19 heavy (non-hydrogen) atoms. The van der Waals surface area contributed by atoms with Gasteiger partial charge in [-0.3, -0.25) is 4.98 Å². The lowest BCUT2D eigenvalue weighted by atomic mass is 9.80. The highest BCUT2D eigenvalue weighted by Gasteiger charge is 2.27. The summed E-state index contributed by atoms with van der Waals surface area (Å²) in [7, 11) is 2.19. The highest BCUT2D eigenvalue weighted by atomic mass is 15.1. The molecule has 0 bridgehead atoms. The van der Waals surface area contributed by atoms with Crippen LogP contribution < -0.4 is 5.73 Å². The van der Waals surface area contributed by atoms with Crippen LogP contribution in [0, 0.1) is 0 Å². The van der Waals surface area contributed by atoms with Gasteiger partial charge in [-0.2, -0.15) is 0 Å². The molecule has 0 radical (unpaired) electrons. The molecule has 0 aromatic carbocycles. The molecule has 1 aliphatic rings. The Hall–Kier alpha value is -0.930. The topological polar surface area (TPSA) is 42.2 Å². The van der Waals surface area contributed by atoms with Crippen molar-refractivity contribution in [1.29, 1.82) is 0 Å². The van der Waals surface area contributed by atoms with E-state index in [0.29, 0.717) is 0 Å². The maximum Gasteiger partial charge on any atom is 0.0416 e. The molecular weight excluding hydrogens is 234 g/mol. The van der Waals surface area contributed by atoms with Crippen LogP contribution in [0.4, 0.5) is 0 Å². The standard InChI is InChI=1S/C16H27N3/c1-19(13-8-15-7-3-6-12-18-15)14-11-16(17)9-4-2-5-10-16/h3,6-7,12H,2,4-5,8-11,13-14,17H2,1H3. The summed E-state index contributed by atoms with van der Waals surface area (Å²) in [6, 6.07) is 6.12. The molecule has 0 unspecified atom stereocenters. The molecule has 0 aliphatic heterocycles. The van der Waals surface area contributed by atoms with E-state index >= 15 is 0 Å². The normalized spacial score (nSPS) is 18.7. The molecule has 2 N–H and O–H groups in total. The SMILES string of the molecule is CN(CCc1ccccn1)CCC1(N)CCCCC1. The number of aromatic nitrogens is 1. The highest BCUT2D eigenvalue weighted by molar-refractivity contribution is 5.03. The van der Waals surface area contributed by atoms with E-state index in [1.54, 1.807) is 0 Å². The summed E-state index contributed by atoms with van der Waals surface area (Å²) < 4.78 is 0. The quantitative estimate of drug-likeness (QED) is 0.856. The van der Waals surface area contributed by atoms with Crippen molar-refractivity contribution in [3.05, 3.63) is 30.1 Å². The van der Waals surface area contributed by atoms with Gasteiger partial charge in [-0.1, -0.05) is 25.3 Å².